The van der Waals surface area contributed by atoms with E-state index in [-0.39, 0.29) is 24.3 Å². The van der Waals surface area contributed by atoms with Crippen LogP contribution in [0.1, 0.15) is 44.0 Å². The highest BCUT2D eigenvalue weighted by atomic mass is 79.9. The second-order valence-corrected chi connectivity index (χ2v) is 5.62. The number of hydrogen-bond acceptors (Lipinski definition) is 4. The first-order valence-electron chi connectivity index (χ1n) is 7.06. The fraction of sp³-hybridized carbons (Fsp3) is 0.533. The summed E-state index contributed by atoms with van der Waals surface area (Å²) in [7, 11) is 0. The minimum Gasteiger partial charge on any atom is -0.466 e. The van der Waals surface area contributed by atoms with Crippen LogP contribution in [0.4, 0.5) is 0 Å². The molecule has 1 heterocycles. The maximum absolute atomic E-state index is 12.6. The fourth-order valence-electron chi connectivity index (χ4n) is 1.88. The number of aromatic nitrogens is 1. The Labute approximate surface area is 133 Å². The topological polar surface area (TPSA) is 59.5 Å². The van der Waals surface area contributed by atoms with Gasteiger partial charge in [0.2, 0.25) is 0 Å². The van der Waals surface area contributed by atoms with Crippen LogP contribution in [0, 0.1) is 0 Å². The quantitative estimate of drug-likeness (QED) is 0.704. The van der Waals surface area contributed by atoms with E-state index in [1.807, 2.05) is 13.8 Å². The van der Waals surface area contributed by atoms with Gasteiger partial charge in [-0.3, -0.25) is 14.6 Å². The average Bonchev–Trinajstić information content (AvgIpc) is 2.47. The molecule has 21 heavy (non-hydrogen) atoms. The maximum Gasteiger partial charge on any atom is 0.307 e. The van der Waals surface area contributed by atoms with E-state index < -0.39 is 0 Å². The molecule has 0 saturated heterocycles. The number of hydrogen-bond donors (Lipinski definition) is 0. The summed E-state index contributed by atoms with van der Waals surface area (Å²) >= 11 is 3.31. The zero-order valence-corrected chi connectivity index (χ0v) is 14.2. The van der Waals surface area contributed by atoms with Crippen LogP contribution >= 0.6 is 15.9 Å². The monoisotopic (exact) mass is 356 g/mol. The molecule has 0 saturated carbocycles. The molecular formula is C15H21BrN2O3. The van der Waals surface area contributed by atoms with Gasteiger partial charge in [-0.25, -0.2) is 0 Å². The van der Waals surface area contributed by atoms with E-state index in [4.69, 9.17) is 4.74 Å². The summed E-state index contributed by atoms with van der Waals surface area (Å²) in [6.07, 6.45) is 4.18. The number of amides is 1. The summed E-state index contributed by atoms with van der Waals surface area (Å²) in [6, 6.07) is 1.78. The smallest absolute Gasteiger partial charge is 0.307 e. The lowest BCUT2D eigenvalue weighted by atomic mass is 10.1. The van der Waals surface area contributed by atoms with Gasteiger partial charge in [-0.1, -0.05) is 6.92 Å². The number of rotatable bonds is 7. The third-order valence-corrected chi connectivity index (χ3v) is 3.63. The van der Waals surface area contributed by atoms with E-state index >= 15 is 0 Å². The highest BCUT2D eigenvalue weighted by molar-refractivity contribution is 9.10. The number of nitrogens with zero attached hydrogens (tertiary/aromatic N) is 2. The van der Waals surface area contributed by atoms with Crippen LogP contribution in [-0.2, 0) is 9.53 Å². The van der Waals surface area contributed by atoms with Crippen molar-refractivity contribution in [2.24, 2.45) is 0 Å². The van der Waals surface area contributed by atoms with Gasteiger partial charge >= 0.3 is 5.97 Å². The minimum absolute atomic E-state index is 0.0471. The standard InChI is InChI=1S/C15H21BrN2O3/c1-4-11(3)18(7-6-14(19)21-5-2)15(20)12-8-13(16)10-17-9-12/h8-11H,4-7H2,1-3H3. The van der Waals surface area contributed by atoms with Crippen LogP contribution < -0.4 is 0 Å². The van der Waals surface area contributed by atoms with Gasteiger partial charge in [-0.15, -0.1) is 0 Å². The molecule has 0 radical (unpaired) electrons. The second-order valence-electron chi connectivity index (χ2n) is 4.70. The Morgan fingerprint density at radius 3 is 2.67 bits per heavy atom. The van der Waals surface area contributed by atoms with Gasteiger partial charge in [0.1, 0.15) is 0 Å². The lowest BCUT2D eigenvalue weighted by molar-refractivity contribution is -0.143. The van der Waals surface area contributed by atoms with Crippen LogP contribution in [0.2, 0.25) is 0 Å². The first-order chi connectivity index (χ1) is 9.99. The summed E-state index contributed by atoms with van der Waals surface area (Å²) < 4.78 is 5.67. The van der Waals surface area contributed by atoms with Crippen molar-refractivity contribution in [1.82, 2.24) is 9.88 Å². The Morgan fingerprint density at radius 2 is 2.10 bits per heavy atom. The second kappa shape index (κ2) is 8.77. The van der Waals surface area contributed by atoms with Gasteiger partial charge < -0.3 is 9.64 Å². The number of esters is 1. The molecule has 5 nitrogen and oxygen atoms in total. The van der Waals surface area contributed by atoms with Crippen LogP contribution in [0.3, 0.4) is 0 Å². The molecule has 1 rings (SSSR count). The number of pyridine rings is 1. The molecule has 0 aromatic carbocycles. The van der Waals surface area contributed by atoms with Crippen molar-refractivity contribution in [3.05, 3.63) is 28.5 Å². The molecular weight excluding hydrogens is 336 g/mol. The SMILES string of the molecule is CCOC(=O)CCN(C(=O)c1cncc(Br)c1)C(C)CC. The van der Waals surface area contributed by atoms with Crippen molar-refractivity contribution >= 4 is 27.8 Å². The molecule has 0 aliphatic heterocycles. The molecule has 0 bridgehead atoms. The number of carbonyl (C=O) groups excluding carboxylic acids is 2. The van der Waals surface area contributed by atoms with Crippen LogP contribution in [-0.4, -0.2) is 41.0 Å². The van der Waals surface area contributed by atoms with E-state index in [1.165, 1.54) is 6.20 Å². The van der Waals surface area contributed by atoms with Crippen LogP contribution in [0.15, 0.2) is 22.9 Å². The zero-order valence-electron chi connectivity index (χ0n) is 12.6. The van der Waals surface area contributed by atoms with E-state index in [9.17, 15) is 9.59 Å². The number of halogens is 1. The molecule has 0 spiro atoms. The van der Waals surface area contributed by atoms with Crippen molar-refractivity contribution in [1.29, 1.82) is 0 Å². The Balaban J connectivity index is 2.82. The fourth-order valence-corrected chi connectivity index (χ4v) is 2.25. The molecule has 1 atom stereocenters. The summed E-state index contributed by atoms with van der Waals surface area (Å²) in [4.78, 5) is 29.8. The molecule has 1 aromatic rings. The van der Waals surface area contributed by atoms with E-state index in [0.717, 1.165) is 10.9 Å². The van der Waals surface area contributed by atoms with Crippen molar-refractivity contribution in [3.63, 3.8) is 0 Å². The van der Waals surface area contributed by atoms with Crippen molar-refractivity contribution in [2.75, 3.05) is 13.2 Å². The van der Waals surface area contributed by atoms with Crippen LogP contribution in [0.5, 0.6) is 0 Å². The lowest BCUT2D eigenvalue weighted by Gasteiger charge is -2.28. The summed E-state index contributed by atoms with van der Waals surface area (Å²) in [5, 5.41) is 0. The predicted octanol–water partition coefficient (Wildman–Crippen LogP) is 3.04. The van der Waals surface area contributed by atoms with E-state index in [1.54, 1.807) is 24.1 Å². The molecule has 1 aromatic heterocycles. The van der Waals surface area contributed by atoms with Gasteiger partial charge in [0, 0.05) is 29.5 Å². The van der Waals surface area contributed by atoms with E-state index in [0.29, 0.717) is 18.7 Å². The number of carbonyl (C=O) groups is 2. The third kappa shape index (κ3) is 5.46. The largest absolute Gasteiger partial charge is 0.466 e. The molecule has 0 aliphatic carbocycles. The molecule has 0 N–H and O–H groups in total. The van der Waals surface area contributed by atoms with Gasteiger partial charge in [-0.2, -0.15) is 0 Å². The van der Waals surface area contributed by atoms with Gasteiger partial charge in [0.15, 0.2) is 0 Å². The molecule has 0 aliphatic rings. The van der Waals surface area contributed by atoms with Crippen LogP contribution in [0.25, 0.3) is 0 Å². The lowest BCUT2D eigenvalue weighted by Crippen LogP contribution is -2.40. The maximum atomic E-state index is 12.6. The molecule has 6 heteroatoms. The summed E-state index contributed by atoms with van der Waals surface area (Å²) in [5.74, 6) is -0.409. The predicted molar refractivity (Wildman–Crippen MR) is 84.0 cm³/mol. The van der Waals surface area contributed by atoms with Crippen molar-refractivity contribution in [2.45, 2.75) is 39.7 Å². The van der Waals surface area contributed by atoms with Crippen molar-refractivity contribution < 1.29 is 14.3 Å². The molecule has 1 amide bonds. The highest BCUT2D eigenvalue weighted by Gasteiger charge is 2.22. The summed E-state index contributed by atoms with van der Waals surface area (Å²) in [5.41, 5.74) is 0.508. The first-order valence-corrected chi connectivity index (χ1v) is 7.86. The average molecular weight is 357 g/mol. The third-order valence-electron chi connectivity index (χ3n) is 3.20. The summed E-state index contributed by atoms with van der Waals surface area (Å²) in [6.45, 7) is 6.44. The molecule has 0 fully saturated rings. The van der Waals surface area contributed by atoms with Gasteiger partial charge in [0.25, 0.3) is 5.91 Å². The normalized spacial score (nSPS) is 11.8. The van der Waals surface area contributed by atoms with Gasteiger partial charge in [-0.05, 0) is 42.3 Å². The minimum atomic E-state index is -0.286. The van der Waals surface area contributed by atoms with E-state index in [2.05, 4.69) is 20.9 Å². The highest BCUT2D eigenvalue weighted by Crippen LogP contribution is 2.15. The first kappa shape index (κ1) is 17.6. The number of ether oxygens (including phenoxy) is 1. The van der Waals surface area contributed by atoms with Gasteiger partial charge in [0.05, 0.1) is 18.6 Å². The zero-order chi connectivity index (χ0) is 15.8. The Morgan fingerprint density at radius 1 is 1.38 bits per heavy atom. The Hall–Kier alpha value is -1.43. The van der Waals surface area contributed by atoms with Crippen molar-refractivity contribution in [3.8, 4) is 0 Å². The molecule has 1 unspecified atom stereocenters. The molecule has 116 valence electrons. The Bertz CT molecular complexity index is 494. The Kier molecular flexibility index (Phi) is 7.36.